The molecule has 0 atom stereocenters. The van der Waals surface area contributed by atoms with Crippen molar-refractivity contribution in [2.45, 2.75) is 20.3 Å². The van der Waals surface area contributed by atoms with Crippen LogP contribution in [0.3, 0.4) is 0 Å². The third kappa shape index (κ3) is 5.53. The summed E-state index contributed by atoms with van der Waals surface area (Å²) in [7, 11) is 0. The van der Waals surface area contributed by atoms with E-state index in [1.807, 2.05) is 38.1 Å². The summed E-state index contributed by atoms with van der Waals surface area (Å²) in [5, 5.41) is 12.4. The standard InChI is InChI=1S/C31H27N9/c1-20(22-9-13-32-14-10-22)37-39-29-19-30(40-38-21(2)23-11-15-33-16-12-23)36-31(35-29)34-26-7-8-28-25(18-26)17-24-5-3-4-6-27(24)28/h3-16,18-19H,17H2,1-2H3,(H3,34,35,36,39,40). The van der Waals surface area contributed by atoms with Gasteiger partial charge in [0.2, 0.25) is 5.95 Å². The Kier molecular flexibility index (Phi) is 6.92. The van der Waals surface area contributed by atoms with Gasteiger partial charge in [-0.3, -0.25) is 20.8 Å². The second-order valence-electron chi connectivity index (χ2n) is 9.38. The summed E-state index contributed by atoms with van der Waals surface area (Å²) in [5.74, 6) is 1.44. The molecule has 0 radical (unpaired) electrons. The lowest BCUT2D eigenvalue weighted by Crippen LogP contribution is -2.07. The van der Waals surface area contributed by atoms with Crippen LogP contribution in [0.1, 0.15) is 36.1 Å². The Morgan fingerprint density at radius 1 is 0.650 bits per heavy atom. The zero-order valence-corrected chi connectivity index (χ0v) is 22.1. The predicted octanol–water partition coefficient (Wildman–Crippen LogP) is 6.25. The molecule has 9 nitrogen and oxygen atoms in total. The zero-order chi connectivity index (χ0) is 27.3. The number of pyridine rings is 2. The molecule has 3 heterocycles. The molecule has 40 heavy (non-hydrogen) atoms. The Morgan fingerprint density at radius 2 is 1.23 bits per heavy atom. The molecular formula is C31H27N9. The van der Waals surface area contributed by atoms with Crippen molar-refractivity contribution in [2.75, 3.05) is 16.2 Å². The van der Waals surface area contributed by atoms with E-state index in [2.05, 4.69) is 88.8 Å². The molecule has 0 aliphatic heterocycles. The van der Waals surface area contributed by atoms with Crippen LogP contribution in [0.4, 0.5) is 23.3 Å². The van der Waals surface area contributed by atoms with Crippen molar-refractivity contribution >= 4 is 34.7 Å². The van der Waals surface area contributed by atoms with Gasteiger partial charge >= 0.3 is 0 Å². The van der Waals surface area contributed by atoms with Gasteiger partial charge in [0, 0.05) is 47.7 Å². The van der Waals surface area contributed by atoms with Gasteiger partial charge in [-0.2, -0.15) is 20.2 Å². The van der Waals surface area contributed by atoms with Gasteiger partial charge in [0.15, 0.2) is 11.6 Å². The average Bonchev–Trinajstić information content (AvgIpc) is 3.37. The maximum atomic E-state index is 4.66. The third-order valence-electron chi connectivity index (χ3n) is 6.65. The molecule has 0 unspecified atom stereocenters. The first kappa shape index (κ1) is 24.9. The molecular weight excluding hydrogens is 498 g/mol. The molecule has 0 amide bonds. The molecule has 1 aliphatic rings. The van der Waals surface area contributed by atoms with Crippen LogP contribution < -0.4 is 16.2 Å². The molecule has 0 saturated heterocycles. The number of hydrazone groups is 2. The molecule has 0 fully saturated rings. The Labute approximate surface area is 232 Å². The number of nitrogens with zero attached hydrogens (tertiary/aromatic N) is 6. The first-order valence-electron chi connectivity index (χ1n) is 12.9. The van der Waals surface area contributed by atoms with E-state index in [1.54, 1.807) is 30.9 Å². The van der Waals surface area contributed by atoms with E-state index in [-0.39, 0.29) is 0 Å². The molecule has 9 heteroatoms. The van der Waals surface area contributed by atoms with Crippen LogP contribution in [-0.4, -0.2) is 31.4 Å². The summed E-state index contributed by atoms with van der Waals surface area (Å²) in [4.78, 5) is 17.5. The number of hydrogen-bond donors (Lipinski definition) is 3. The van der Waals surface area contributed by atoms with Crippen molar-refractivity contribution in [3.8, 4) is 11.1 Å². The Morgan fingerprint density at radius 3 is 1.85 bits per heavy atom. The van der Waals surface area contributed by atoms with Gasteiger partial charge < -0.3 is 5.32 Å². The van der Waals surface area contributed by atoms with Crippen molar-refractivity contribution in [1.29, 1.82) is 0 Å². The summed E-state index contributed by atoms with van der Waals surface area (Å²) in [6, 6.07) is 24.3. The summed E-state index contributed by atoms with van der Waals surface area (Å²) >= 11 is 0. The number of hydrogen-bond acceptors (Lipinski definition) is 9. The van der Waals surface area contributed by atoms with Crippen molar-refractivity contribution in [1.82, 2.24) is 19.9 Å². The second-order valence-corrected chi connectivity index (χ2v) is 9.38. The van der Waals surface area contributed by atoms with Crippen LogP contribution in [0.2, 0.25) is 0 Å². The largest absolute Gasteiger partial charge is 0.324 e. The van der Waals surface area contributed by atoms with Crippen LogP contribution in [0.5, 0.6) is 0 Å². The zero-order valence-electron chi connectivity index (χ0n) is 22.1. The van der Waals surface area contributed by atoms with Gasteiger partial charge in [0.05, 0.1) is 11.4 Å². The Bertz CT molecular complexity index is 1640. The maximum Gasteiger partial charge on any atom is 0.231 e. The summed E-state index contributed by atoms with van der Waals surface area (Å²) < 4.78 is 0. The van der Waals surface area contributed by atoms with Crippen molar-refractivity contribution < 1.29 is 0 Å². The topological polar surface area (TPSA) is 112 Å². The van der Waals surface area contributed by atoms with Gasteiger partial charge in [-0.25, -0.2) is 0 Å². The van der Waals surface area contributed by atoms with Crippen molar-refractivity contribution in [3.63, 3.8) is 0 Å². The van der Waals surface area contributed by atoms with Gasteiger partial charge in [-0.05, 0) is 78.9 Å². The molecule has 3 N–H and O–H groups in total. The van der Waals surface area contributed by atoms with Gasteiger partial charge in [0.1, 0.15) is 0 Å². The maximum absolute atomic E-state index is 4.66. The molecule has 3 aromatic heterocycles. The highest BCUT2D eigenvalue weighted by Crippen LogP contribution is 2.38. The highest BCUT2D eigenvalue weighted by molar-refractivity contribution is 5.99. The van der Waals surface area contributed by atoms with Gasteiger partial charge in [0.25, 0.3) is 0 Å². The lowest BCUT2D eigenvalue weighted by molar-refractivity contribution is 1.12. The number of nitrogens with one attached hydrogen (secondary N) is 3. The Balaban J connectivity index is 1.28. The van der Waals surface area contributed by atoms with E-state index in [1.165, 1.54) is 22.3 Å². The van der Waals surface area contributed by atoms with Crippen LogP contribution in [0.25, 0.3) is 11.1 Å². The first-order chi connectivity index (χ1) is 19.6. The van der Waals surface area contributed by atoms with E-state index >= 15 is 0 Å². The molecule has 0 bridgehead atoms. The quantitative estimate of drug-likeness (QED) is 0.159. The molecule has 5 aromatic rings. The molecule has 6 rings (SSSR count). The minimum absolute atomic E-state index is 0.413. The smallest absolute Gasteiger partial charge is 0.231 e. The number of fused-ring (bicyclic) bond motifs is 3. The van der Waals surface area contributed by atoms with E-state index in [0.717, 1.165) is 34.7 Å². The highest BCUT2D eigenvalue weighted by Gasteiger charge is 2.18. The monoisotopic (exact) mass is 525 g/mol. The molecule has 0 saturated carbocycles. The number of benzene rings is 2. The summed E-state index contributed by atoms with van der Waals surface area (Å²) in [6.07, 6.45) is 7.85. The summed E-state index contributed by atoms with van der Waals surface area (Å²) in [6.45, 7) is 3.85. The number of rotatable bonds is 8. The van der Waals surface area contributed by atoms with Crippen LogP contribution in [0.15, 0.2) is 108 Å². The number of anilines is 4. The average molecular weight is 526 g/mol. The predicted molar refractivity (Wildman–Crippen MR) is 160 cm³/mol. The first-order valence-corrected chi connectivity index (χ1v) is 12.9. The van der Waals surface area contributed by atoms with Crippen molar-refractivity contribution in [2.24, 2.45) is 10.2 Å². The molecule has 1 aliphatic carbocycles. The fourth-order valence-corrected chi connectivity index (χ4v) is 4.57. The fraction of sp³-hybridized carbons (Fsp3) is 0.0968. The van der Waals surface area contributed by atoms with Crippen LogP contribution >= 0.6 is 0 Å². The molecule has 196 valence electrons. The van der Waals surface area contributed by atoms with E-state index in [4.69, 9.17) is 0 Å². The fourth-order valence-electron chi connectivity index (χ4n) is 4.57. The lowest BCUT2D eigenvalue weighted by Gasteiger charge is -2.11. The van der Waals surface area contributed by atoms with E-state index in [0.29, 0.717) is 17.6 Å². The Hall–Kier alpha value is -5.44. The minimum Gasteiger partial charge on any atom is -0.324 e. The lowest BCUT2D eigenvalue weighted by atomic mass is 10.1. The molecule has 2 aromatic carbocycles. The van der Waals surface area contributed by atoms with Gasteiger partial charge in [-0.15, -0.1) is 0 Å². The van der Waals surface area contributed by atoms with Gasteiger partial charge in [-0.1, -0.05) is 30.3 Å². The minimum atomic E-state index is 0.413. The van der Waals surface area contributed by atoms with Crippen LogP contribution in [-0.2, 0) is 6.42 Å². The third-order valence-corrected chi connectivity index (χ3v) is 6.65. The van der Waals surface area contributed by atoms with Crippen molar-refractivity contribution in [3.05, 3.63) is 120 Å². The summed E-state index contributed by atoms with van der Waals surface area (Å²) in [5.41, 5.74) is 15.7. The second kappa shape index (κ2) is 11.1. The van der Waals surface area contributed by atoms with E-state index < -0.39 is 0 Å². The SMILES string of the molecule is CC(=NNc1cc(NN=C(C)c2ccncc2)nc(Nc2ccc3c(c2)Cc2ccccc2-3)n1)c1ccncc1. The highest BCUT2D eigenvalue weighted by atomic mass is 15.4. The number of aromatic nitrogens is 4. The molecule has 0 spiro atoms. The normalized spacial score (nSPS) is 12.4. The van der Waals surface area contributed by atoms with Crippen LogP contribution in [0, 0.1) is 0 Å². The van der Waals surface area contributed by atoms with E-state index in [9.17, 15) is 0 Å².